The fraction of sp³-hybridized carbons (Fsp3) is 1.00. The third-order valence-electron chi connectivity index (χ3n) is 3.03. The molecule has 96 valence electrons. The van der Waals surface area contributed by atoms with Gasteiger partial charge in [-0.15, -0.1) is 0 Å². The van der Waals surface area contributed by atoms with Gasteiger partial charge in [0, 0.05) is 44.8 Å². The van der Waals surface area contributed by atoms with Crippen molar-refractivity contribution in [2.24, 2.45) is 11.7 Å². The molecule has 1 atom stereocenters. The predicted octanol–water partition coefficient (Wildman–Crippen LogP) is -0.0303. The first-order valence-electron chi connectivity index (χ1n) is 6.27. The maximum atomic E-state index is 9.13. The van der Waals surface area contributed by atoms with E-state index in [0.29, 0.717) is 0 Å². The average molecular weight is 229 g/mol. The average Bonchev–Trinajstić information content (AvgIpc) is 2.20. The van der Waals surface area contributed by atoms with Crippen molar-refractivity contribution in [1.29, 1.82) is 0 Å². The zero-order valence-corrected chi connectivity index (χ0v) is 10.9. The van der Waals surface area contributed by atoms with Gasteiger partial charge >= 0.3 is 0 Å². The minimum Gasteiger partial charge on any atom is -0.394 e. The molecule has 1 fully saturated rings. The topological polar surface area (TPSA) is 52.7 Å². The molecule has 4 heteroatoms. The van der Waals surface area contributed by atoms with E-state index in [1.165, 1.54) is 6.54 Å². The molecule has 1 unspecified atom stereocenters. The first kappa shape index (κ1) is 13.9. The Hall–Kier alpha value is -0.160. The number of rotatable bonds is 5. The summed E-state index contributed by atoms with van der Waals surface area (Å²) in [6.45, 7) is 12.8. The number of aliphatic hydroxyl groups is 1. The molecule has 0 aromatic carbocycles. The monoisotopic (exact) mass is 229 g/mol. The zero-order chi connectivity index (χ0) is 12.2. The summed E-state index contributed by atoms with van der Waals surface area (Å²) in [4.78, 5) is 4.86. The van der Waals surface area contributed by atoms with Crippen LogP contribution < -0.4 is 5.73 Å². The Labute approximate surface area is 99.4 Å². The maximum Gasteiger partial charge on any atom is 0.0621 e. The van der Waals surface area contributed by atoms with Crippen LogP contribution in [0.3, 0.4) is 0 Å². The van der Waals surface area contributed by atoms with Crippen molar-refractivity contribution in [3.63, 3.8) is 0 Å². The van der Waals surface area contributed by atoms with Crippen LogP contribution in [0.4, 0.5) is 0 Å². The fourth-order valence-corrected chi connectivity index (χ4v) is 2.21. The largest absolute Gasteiger partial charge is 0.394 e. The van der Waals surface area contributed by atoms with Crippen LogP contribution in [0.5, 0.6) is 0 Å². The summed E-state index contributed by atoms with van der Waals surface area (Å²) in [6.07, 6.45) is 0. The van der Waals surface area contributed by atoms with E-state index >= 15 is 0 Å². The highest BCUT2D eigenvalue weighted by Crippen LogP contribution is 2.08. The normalized spacial score (nSPS) is 23.6. The van der Waals surface area contributed by atoms with Gasteiger partial charge in [0.05, 0.1) is 6.61 Å². The number of nitrogens with zero attached hydrogens (tertiary/aromatic N) is 2. The summed E-state index contributed by atoms with van der Waals surface area (Å²) >= 11 is 0. The van der Waals surface area contributed by atoms with Crippen LogP contribution in [0.1, 0.15) is 20.8 Å². The summed E-state index contributed by atoms with van der Waals surface area (Å²) in [5.74, 6) is 0.740. The molecule has 1 aliphatic heterocycles. The Morgan fingerprint density at radius 2 is 1.69 bits per heavy atom. The Kier molecular flexibility index (Phi) is 5.18. The standard InChI is InChI=1S/C12H27N3O/c1-11(2)8-14-4-6-15(7-5-14)9-12(3,13)10-16/h11,16H,4-10,13H2,1-3H3. The van der Waals surface area contributed by atoms with E-state index in [1.54, 1.807) is 0 Å². The second kappa shape index (κ2) is 5.96. The molecule has 0 aromatic heterocycles. The highest BCUT2D eigenvalue weighted by molar-refractivity contribution is 4.84. The minimum absolute atomic E-state index is 0.0548. The van der Waals surface area contributed by atoms with Crippen LogP contribution in [0.2, 0.25) is 0 Å². The third-order valence-corrected chi connectivity index (χ3v) is 3.03. The quantitative estimate of drug-likeness (QED) is 0.695. The zero-order valence-electron chi connectivity index (χ0n) is 10.9. The Bertz CT molecular complexity index is 198. The van der Waals surface area contributed by atoms with Gasteiger partial charge in [0.1, 0.15) is 0 Å². The smallest absolute Gasteiger partial charge is 0.0621 e. The molecule has 0 spiro atoms. The fourth-order valence-electron chi connectivity index (χ4n) is 2.21. The lowest BCUT2D eigenvalue weighted by Gasteiger charge is -2.38. The molecule has 4 nitrogen and oxygen atoms in total. The lowest BCUT2D eigenvalue weighted by Crippen LogP contribution is -2.55. The molecule has 0 aromatic rings. The molecule has 1 rings (SSSR count). The predicted molar refractivity (Wildman–Crippen MR) is 67.4 cm³/mol. The van der Waals surface area contributed by atoms with Gasteiger partial charge in [-0.1, -0.05) is 13.8 Å². The molecule has 16 heavy (non-hydrogen) atoms. The van der Waals surface area contributed by atoms with Crippen molar-refractivity contribution in [2.75, 3.05) is 45.9 Å². The van der Waals surface area contributed by atoms with Gasteiger partial charge in [-0.25, -0.2) is 0 Å². The second-order valence-corrected chi connectivity index (χ2v) is 5.78. The molecular weight excluding hydrogens is 202 g/mol. The molecule has 1 aliphatic rings. The molecule has 0 amide bonds. The lowest BCUT2D eigenvalue weighted by molar-refractivity contribution is 0.0880. The van der Waals surface area contributed by atoms with Crippen molar-refractivity contribution < 1.29 is 5.11 Å². The van der Waals surface area contributed by atoms with E-state index in [-0.39, 0.29) is 6.61 Å². The number of nitrogens with two attached hydrogens (primary N) is 1. The van der Waals surface area contributed by atoms with Gasteiger partial charge in [-0.3, -0.25) is 4.90 Å². The molecule has 3 N–H and O–H groups in total. The first-order valence-corrected chi connectivity index (χ1v) is 6.27. The van der Waals surface area contributed by atoms with E-state index in [2.05, 4.69) is 23.6 Å². The lowest BCUT2D eigenvalue weighted by atomic mass is 10.0. The van der Waals surface area contributed by atoms with Crippen LogP contribution in [-0.2, 0) is 0 Å². The maximum absolute atomic E-state index is 9.13. The third kappa shape index (κ3) is 4.78. The summed E-state index contributed by atoms with van der Waals surface area (Å²) in [7, 11) is 0. The molecular formula is C12H27N3O. The molecule has 0 aliphatic carbocycles. The van der Waals surface area contributed by atoms with E-state index < -0.39 is 5.54 Å². The van der Waals surface area contributed by atoms with E-state index in [1.807, 2.05) is 6.92 Å². The molecule has 0 bridgehead atoms. The van der Waals surface area contributed by atoms with Crippen molar-refractivity contribution >= 4 is 0 Å². The highest BCUT2D eigenvalue weighted by atomic mass is 16.3. The van der Waals surface area contributed by atoms with Gasteiger partial charge in [0.25, 0.3) is 0 Å². The van der Waals surface area contributed by atoms with Crippen LogP contribution in [0, 0.1) is 5.92 Å². The van der Waals surface area contributed by atoms with Crippen molar-refractivity contribution in [2.45, 2.75) is 26.3 Å². The minimum atomic E-state index is -0.458. The first-order chi connectivity index (χ1) is 7.43. The number of hydrogen-bond acceptors (Lipinski definition) is 4. The summed E-state index contributed by atoms with van der Waals surface area (Å²) in [6, 6.07) is 0. The Morgan fingerprint density at radius 3 is 2.12 bits per heavy atom. The van der Waals surface area contributed by atoms with E-state index in [4.69, 9.17) is 10.8 Å². The summed E-state index contributed by atoms with van der Waals surface area (Å²) in [5.41, 5.74) is 5.50. The van der Waals surface area contributed by atoms with Crippen LogP contribution in [0.25, 0.3) is 0 Å². The number of aliphatic hydroxyl groups excluding tert-OH is 1. The van der Waals surface area contributed by atoms with Crippen LogP contribution in [0.15, 0.2) is 0 Å². The highest BCUT2D eigenvalue weighted by Gasteiger charge is 2.24. The Morgan fingerprint density at radius 1 is 1.19 bits per heavy atom. The molecule has 0 radical (unpaired) electrons. The summed E-state index contributed by atoms with van der Waals surface area (Å²) < 4.78 is 0. The SMILES string of the molecule is CC(C)CN1CCN(CC(C)(N)CO)CC1. The van der Waals surface area contributed by atoms with Crippen molar-refractivity contribution in [1.82, 2.24) is 9.80 Å². The molecule has 1 saturated heterocycles. The number of hydrogen-bond donors (Lipinski definition) is 2. The van der Waals surface area contributed by atoms with Gasteiger partial charge < -0.3 is 15.7 Å². The molecule has 1 heterocycles. The molecule has 0 saturated carbocycles. The second-order valence-electron chi connectivity index (χ2n) is 5.78. The van der Waals surface area contributed by atoms with E-state index in [9.17, 15) is 0 Å². The van der Waals surface area contributed by atoms with Gasteiger partial charge in [-0.05, 0) is 12.8 Å². The van der Waals surface area contributed by atoms with Crippen molar-refractivity contribution in [3.8, 4) is 0 Å². The van der Waals surface area contributed by atoms with Crippen LogP contribution >= 0.6 is 0 Å². The van der Waals surface area contributed by atoms with Gasteiger partial charge in [-0.2, -0.15) is 0 Å². The van der Waals surface area contributed by atoms with Gasteiger partial charge in [0.2, 0.25) is 0 Å². The van der Waals surface area contributed by atoms with Crippen LogP contribution in [-0.4, -0.2) is 66.3 Å². The van der Waals surface area contributed by atoms with Crippen molar-refractivity contribution in [3.05, 3.63) is 0 Å². The number of piperazine rings is 1. The van der Waals surface area contributed by atoms with E-state index in [0.717, 1.165) is 38.6 Å². The van der Waals surface area contributed by atoms with Gasteiger partial charge in [0.15, 0.2) is 0 Å². The summed E-state index contributed by atoms with van der Waals surface area (Å²) in [5, 5.41) is 9.13. The Balaban J connectivity index is 2.27.